The van der Waals surface area contributed by atoms with E-state index < -0.39 is 29.1 Å². The Labute approximate surface area is 122 Å². The maximum absolute atomic E-state index is 13.1. The third kappa shape index (κ3) is 3.03. The SMILES string of the molecule is COc1ccc(-c2ccc(F)cc2C(=O)O)cc1C(F)(F)F. The van der Waals surface area contributed by atoms with Crippen LogP contribution in [-0.4, -0.2) is 18.2 Å². The Hall–Kier alpha value is -2.57. The Morgan fingerprint density at radius 3 is 2.36 bits per heavy atom. The number of carbonyl (C=O) groups is 1. The Morgan fingerprint density at radius 2 is 1.82 bits per heavy atom. The summed E-state index contributed by atoms with van der Waals surface area (Å²) in [5, 5.41) is 9.07. The Bertz CT molecular complexity index is 723. The molecular formula is C15H10F4O3. The number of aromatic carboxylic acids is 1. The van der Waals surface area contributed by atoms with E-state index in [1.54, 1.807) is 0 Å². The van der Waals surface area contributed by atoms with Gasteiger partial charge in [0, 0.05) is 0 Å². The van der Waals surface area contributed by atoms with Gasteiger partial charge in [0.25, 0.3) is 0 Å². The van der Waals surface area contributed by atoms with Crippen LogP contribution in [0.1, 0.15) is 15.9 Å². The van der Waals surface area contributed by atoms with E-state index >= 15 is 0 Å². The molecule has 7 heteroatoms. The summed E-state index contributed by atoms with van der Waals surface area (Å²) in [5.74, 6) is -2.60. The third-order valence-corrected chi connectivity index (χ3v) is 3.03. The minimum absolute atomic E-state index is 0.00512. The third-order valence-electron chi connectivity index (χ3n) is 3.03. The van der Waals surface area contributed by atoms with Crippen LogP contribution < -0.4 is 4.74 Å². The maximum atomic E-state index is 13.1. The van der Waals surface area contributed by atoms with Crippen molar-refractivity contribution in [2.24, 2.45) is 0 Å². The molecule has 0 fully saturated rings. The molecule has 0 heterocycles. The predicted molar refractivity (Wildman–Crippen MR) is 70.3 cm³/mol. The van der Waals surface area contributed by atoms with Crippen molar-refractivity contribution >= 4 is 5.97 Å². The Balaban J connectivity index is 2.67. The summed E-state index contributed by atoms with van der Waals surface area (Å²) in [6, 6.07) is 6.02. The van der Waals surface area contributed by atoms with E-state index in [0.29, 0.717) is 0 Å². The molecule has 116 valence electrons. The highest BCUT2D eigenvalue weighted by Gasteiger charge is 2.34. The Kier molecular flexibility index (Phi) is 4.07. The maximum Gasteiger partial charge on any atom is 0.419 e. The lowest BCUT2D eigenvalue weighted by atomic mass is 9.97. The van der Waals surface area contributed by atoms with E-state index in [1.165, 1.54) is 6.07 Å². The van der Waals surface area contributed by atoms with E-state index in [2.05, 4.69) is 4.74 Å². The summed E-state index contributed by atoms with van der Waals surface area (Å²) >= 11 is 0. The number of carboxylic acids is 1. The lowest BCUT2D eigenvalue weighted by Crippen LogP contribution is -2.08. The summed E-state index contributed by atoms with van der Waals surface area (Å²) in [5.41, 5.74) is -1.46. The molecule has 0 saturated carbocycles. The van der Waals surface area contributed by atoms with Gasteiger partial charge >= 0.3 is 12.1 Å². The monoisotopic (exact) mass is 314 g/mol. The van der Waals surface area contributed by atoms with Crippen LogP contribution in [0.5, 0.6) is 5.75 Å². The summed E-state index contributed by atoms with van der Waals surface area (Å²) in [7, 11) is 1.10. The van der Waals surface area contributed by atoms with Gasteiger partial charge in [-0.15, -0.1) is 0 Å². The van der Waals surface area contributed by atoms with Gasteiger partial charge in [0.05, 0.1) is 18.2 Å². The largest absolute Gasteiger partial charge is 0.496 e. The number of benzene rings is 2. The first-order valence-corrected chi connectivity index (χ1v) is 6.02. The van der Waals surface area contributed by atoms with E-state index in [0.717, 1.165) is 37.4 Å². The van der Waals surface area contributed by atoms with Gasteiger partial charge in [0.1, 0.15) is 11.6 Å². The smallest absolute Gasteiger partial charge is 0.419 e. The first-order valence-electron chi connectivity index (χ1n) is 6.02. The zero-order valence-corrected chi connectivity index (χ0v) is 11.2. The van der Waals surface area contributed by atoms with Gasteiger partial charge in [-0.2, -0.15) is 13.2 Å². The molecule has 0 aliphatic carbocycles. The summed E-state index contributed by atoms with van der Waals surface area (Å²) < 4.78 is 56.8. The second-order valence-corrected chi connectivity index (χ2v) is 4.41. The number of methoxy groups -OCH3 is 1. The number of halogens is 4. The molecule has 0 amide bonds. The molecule has 0 bridgehead atoms. The molecule has 0 radical (unpaired) electrons. The van der Waals surface area contributed by atoms with Gasteiger partial charge in [0.15, 0.2) is 0 Å². The molecule has 2 aromatic carbocycles. The van der Waals surface area contributed by atoms with Crippen molar-refractivity contribution in [3.8, 4) is 16.9 Å². The van der Waals surface area contributed by atoms with E-state index in [1.807, 2.05) is 0 Å². The number of alkyl halides is 3. The molecule has 3 nitrogen and oxygen atoms in total. The van der Waals surface area contributed by atoms with Crippen molar-refractivity contribution < 1.29 is 32.2 Å². The molecule has 22 heavy (non-hydrogen) atoms. The molecule has 0 aromatic heterocycles. The lowest BCUT2D eigenvalue weighted by Gasteiger charge is -2.14. The molecule has 0 unspecified atom stereocenters. The van der Waals surface area contributed by atoms with Gasteiger partial charge in [-0.25, -0.2) is 9.18 Å². The van der Waals surface area contributed by atoms with Gasteiger partial charge in [0.2, 0.25) is 0 Å². The van der Waals surface area contributed by atoms with Crippen molar-refractivity contribution in [3.63, 3.8) is 0 Å². The van der Waals surface area contributed by atoms with Crippen molar-refractivity contribution in [1.82, 2.24) is 0 Å². The van der Waals surface area contributed by atoms with Crippen LogP contribution in [-0.2, 0) is 6.18 Å². The van der Waals surface area contributed by atoms with Crippen LogP contribution in [0.15, 0.2) is 36.4 Å². The van der Waals surface area contributed by atoms with Crippen LogP contribution >= 0.6 is 0 Å². The topological polar surface area (TPSA) is 46.5 Å². The van der Waals surface area contributed by atoms with E-state index in [4.69, 9.17) is 5.11 Å². The highest BCUT2D eigenvalue weighted by atomic mass is 19.4. The second kappa shape index (κ2) is 5.67. The number of ether oxygens (including phenoxy) is 1. The molecule has 0 aliphatic heterocycles. The van der Waals surface area contributed by atoms with Crippen molar-refractivity contribution in [3.05, 3.63) is 53.3 Å². The lowest BCUT2D eigenvalue weighted by molar-refractivity contribution is -0.138. The minimum Gasteiger partial charge on any atom is -0.496 e. The van der Waals surface area contributed by atoms with Crippen LogP contribution in [0.4, 0.5) is 17.6 Å². The quantitative estimate of drug-likeness (QED) is 0.863. The average Bonchev–Trinajstić information content (AvgIpc) is 2.45. The molecule has 0 atom stereocenters. The normalized spacial score (nSPS) is 11.3. The molecule has 0 aliphatic rings. The second-order valence-electron chi connectivity index (χ2n) is 4.41. The summed E-state index contributed by atoms with van der Waals surface area (Å²) in [4.78, 5) is 11.1. The van der Waals surface area contributed by atoms with Crippen LogP contribution in [0.2, 0.25) is 0 Å². The first kappa shape index (κ1) is 15.8. The fourth-order valence-electron chi connectivity index (χ4n) is 2.04. The zero-order valence-electron chi connectivity index (χ0n) is 11.2. The Morgan fingerprint density at radius 1 is 1.14 bits per heavy atom. The zero-order chi connectivity index (χ0) is 16.5. The first-order chi connectivity index (χ1) is 10.2. The predicted octanol–water partition coefficient (Wildman–Crippen LogP) is 4.22. The number of hydrogen-bond acceptors (Lipinski definition) is 2. The summed E-state index contributed by atoms with van der Waals surface area (Å²) in [6.07, 6.45) is -4.66. The number of rotatable bonds is 3. The van der Waals surface area contributed by atoms with Crippen molar-refractivity contribution in [1.29, 1.82) is 0 Å². The van der Waals surface area contributed by atoms with Crippen molar-refractivity contribution in [2.45, 2.75) is 6.18 Å². The van der Waals surface area contributed by atoms with Gasteiger partial charge in [-0.05, 0) is 35.4 Å². The van der Waals surface area contributed by atoms with Crippen LogP contribution in [0.3, 0.4) is 0 Å². The van der Waals surface area contributed by atoms with Gasteiger partial charge in [-0.3, -0.25) is 0 Å². The molecule has 0 spiro atoms. The highest BCUT2D eigenvalue weighted by molar-refractivity contribution is 5.96. The average molecular weight is 314 g/mol. The molecule has 2 rings (SSSR count). The van der Waals surface area contributed by atoms with Crippen LogP contribution in [0.25, 0.3) is 11.1 Å². The van der Waals surface area contributed by atoms with Gasteiger partial charge in [-0.1, -0.05) is 12.1 Å². The van der Waals surface area contributed by atoms with Crippen LogP contribution in [0, 0.1) is 5.82 Å². The van der Waals surface area contributed by atoms with Crippen molar-refractivity contribution in [2.75, 3.05) is 7.11 Å². The van der Waals surface area contributed by atoms with Gasteiger partial charge < -0.3 is 9.84 Å². The highest BCUT2D eigenvalue weighted by Crippen LogP contribution is 2.39. The van der Waals surface area contributed by atoms with E-state index in [-0.39, 0.29) is 16.9 Å². The molecule has 0 saturated heterocycles. The molecular weight excluding hydrogens is 304 g/mol. The molecule has 2 aromatic rings. The number of carboxylic acid groups (broad SMARTS) is 1. The fourth-order valence-corrected chi connectivity index (χ4v) is 2.04. The fraction of sp³-hybridized carbons (Fsp3) is 0.133. The van der Waals surface area contributed by atoms with E-state index in [9.17, 15) is 22.4 Å². The number of hydrogen-bond donors (Lipinski definition) is 1. The standard InChI is InChI=1S/C15H10F4O3/c1-22-13-5-2-8(6-12(13)15(17,18)19)10-4-3-9(16)7-11(10)14(20)21/h2-7H,1H3,(H,20,21). The summed E-state index contributed by atoms with van der Waals surface area (Å²) in [6.45, 7) is 0. The molecule has 1 N–H and O–H groups in total. The minimum atomic E-state index is -4.66.